The van der Waals surface area contributed by atoms with E-state index in [0.29, 0.717) is 25.3 Å². The van der Waals surface area contributed by atoms with Crippen LogP contribution in [0.15, 0.2) is 17.2 Å². The second kappa shape index (κ2) is 6.51. The molecule has 1 rings (SSSR count). The van der Waals surface area contributed by atoms with Crippen molar-refractivity contribution in [3.63, 3.8) is 0 Å². The van der Waals surface area contributed by atoms with Crippen molar-refractivity contribution < 1.29 is 13.5 Å². The zero-order valence-electron chi connectivity index (χ0n) is 12.0. The molecule has 0 fully saturated rings. The monoisotopic (exact) mass is 289 g/mol. The summed E-state index contributed by atoms with van der Waals surface area (Å²) >= 11 is 0. The largest absolute Gasteiger partial charge is 0.390 e. The SMILES string of the molecule is CCn1cc(S(=O)(=O)N(C)CCN(C)C)cc1CO. The lowest BCUT2D eigenvalue weighted by molar-refractivity contribution is 0.271. The third-order valence-corrected chi connectivity index (χ3v) is 4.86. The number of aryl methyl sites for hydroxylation is 1. The van der Waals surface area contributed by atoms with Crippen molar-refractivity contribution >= 4 is 10.0 Å². The average molecular weight is 289 g/mol. The van der Waals surface area contributed by atoms with Gasteiger partial charge in [-0.15, -0.1) is 0 Å². The lowest BCUT2D eigenvalue weighted by Crippen LogP contribution is -2.33. The van der Waals surface area contributed by atoms with E-state index >= 15 is 0 Å². The van der Waals surface area contributed by atoms with Crippen LogP contribution in [0.1, 0.15) is 12.6 Å². The number of aliphatic hydroxyl groups excluding tert-OH is 1. The van der Waals surface area contributed by atoms with Gasteiger partial charge in [-0.2, -0.15) is 4.31 Å². The van der Waals surface area contributed by atoms with Gasteiger partial charge in [0.1, 0.15) is 4.90 Å². The average Bonchev–Trinajstić information content (AvgIpc) is 2.79. The summed E-state index contributed by atoms with van der Waals surface area (Å²) in [6.45, 7) is 3.47. The number of aliphatic hydroxyl groups is 1. The molecule has 0 aliphatic rings. The second-order valence-corrected chi connectivity index (χ2v) is 6.79. The van der Waals surface area contributed by atoms with Crippen molar-refractivity contribution in [3.8, 4) is 0 Å². The number of hydrogen-bond donors (Lipinski definition) is 1. The van der Waals surface area contributed by atoms with E-state index in [1.165, 1.54) is 10.4 Å². The minimum Gasteiger partial charge on any atom is -0.390 e. The zero-order valence-corrected chi connectivity index (χ0v) is 12.8. The molecule has 0 unspecified atom stereocenters. The quantitative estimate of drug-likeness (QED) is 0.778. The Bertz CT molecular complexity index is 487. The van der Waals surface area contributed by atoms with Gasteiger partial charge in [-0.25, -0.2) is 8.42 Å². The molecule has 0 aliphatic heterocycles. The predicted octanol–water partition coefficient (Wildman–Crippen LogP) is 0.182. The molecule has 110 valence electrons. The summed E-state index contributed by atoms with van der Waals surface area (Å²) in [5.41, 5.74) is 0.613. The van der Waals surface area contributed by atoms with Gasteiger partial charge in [0.05, 0.1) is 6.61 Å². The summed E-state index contributed by atoms with van der Waals surface area (Å²) in [4.78, 5) is 2.17. The molecule has 1 N–H and O–H groups in total. The first kappa shape index (κ1) is 16.2. The third-order valence-electron chi connectivity index (χ3n) is 3.03. The molecule has 0 spiro atoms. The van der Waals surface area contributed by atoms with Crippen LogP contribution in [0.2, 0.25) is 0 Å². The van der Waals surface area contributed by atoms with Gasteiger partial charge in [0.15, 0.2) is 0 Å². The van der Waals surface area contributed by atoms with Crippen LogP contribution in [-0.4, -0.2) is 61.5 Å². The Kier molecular flexibility index (Phi) is 5.54. The van der Waals surface area contributed by atoms with E-state index in [4.69, 9.17) is 0 Å². The van der Waals surface area contributed by atoms with E-state index in [0.717, 1.165) is 0 Å². The summed E-state index contributed by atoms with van der Waals surface area (Å²) in [7, 11) is 1.89. The summed E-state index contributed by atoms with van der Waals surface area (Å²) < 4.78 is 27.8. The fourth-order valence-electron chi connectivity index (χ4n) is 1.73. The molecule has 6 nitrogen and oxygen atoms in total. The molecule has 0 bridgehead atoms. The van der Waals surface area contributed by atoms with Crippen LogP contribution in [0, 0.1) is 0 Å². The first-order valence-corrected chi connectivity index (χ1v) is 7.68. The number of rotatable bonds is 7. The molecule has 1 aromatic rings. The molecular weight excluding hydrogens is 266 g/mol. The maximum atomic E-state index is 12.4. The van der Waals surface area contributed by atoms with Crippen molar-refractivity contribution in [1.29, 1.82) is 0 Å². The van der Waals surface area contributed by atoms with E-state index in [2.05, 4.69) is 0 Å². The highest BCUT2D eigenvalue weighted by Gasteiger charge is 2.23. The molecule has 0 saturated heterocycles. The standard InChI is InChI=1S/C12H23N3O3S/c1-5-15-9-12(8-11(15)10-16)19(17,18)14(4)7-6-13(2)3/h8-9,16H,5-7,10H2,1-4H3. The third kappa shape index (κ3) is 3.79. The van der Waals surface area contributed by atoms with Crippen molar-refractivity contribution in [1.82, 2.24) is 13.8 Å². The molecule has 7 heteroatoms. The van der Waals surface area contributed by atoms with E-state index in [1.807, 2.05) is 25.9 Å². The number of nitrogens with zero attached hydrogens (tertiary/aromatic N) is 3. The van der Waals surface area contributed by atoms with Gasteiger partial charge in [0.2, 0.25) is 10.0 Å². The van der Waals surface area contributed by atoms with Gasteiger partial charge in [0.25, 0.3) is 0 Å². The topological polar surface area (TPSA) is 65.8 Å². The molecular formula is C12H23N3O3S. The molecule has 0 radical (unpaired) electrons. The highest BCUT2D eigenvalue weighted by Crippen LogP contribution is 2.18. The van der Waals surface area contributed by atoms with Crippen LogP contribution < -0.4 is 0 Å². The fraction of sp³-hybridized carbons (Fsp3) is 0.667. The Morgan fingerprint density at radius 3 is 2.32 bits per heavy atom. The molecule has 0 saturated carbocycles. The number of hydrogen-bond acceptors (Lipinski definition) is 4. The number of sulfonamides is 1. The maximum Gasteiger partial charge on any atom is 0.244 e. The highest BCUT2D eigenvalue weighted by molar-refractivity contribution is 7.89. The Hall–Kier alpha value is -0.890. The minimum absolute atomic E-state index is 0.162. The Morgan fingerprint density at radius 1 is 1.26 bits per heavy atom. The Morgan fingerprint density at radius 2 is 1.89 bits per heavy atom. The van der Waals surface area contributed by atoms with E-state index < -0.39 is 10.0 Å². The van der Waals surface area contributed by atoms with E-state index in [9.17, 15) is 13.5 Å². The van der Waals surface area contributed by atoms with Gasteiger partial charge >= 0.3 is 0 Å². The number of likely N-dealkylation sites (N-methyl/N-ethyl adjacent to an activating group) is 2. The van der Waals surface area contributed by atoms with Gasteiger partial charge in [-0.3, -0.25) is 0 Å². The summed E-state index contributed by atoms with van der Waals surface area (Å²) in [6, 6.07) is 1.53. The molecule has 0 atom stereocenters. The first-order chi connectivity index (χ1) is 8.82. The normalized spacial score (nSPS) is 12.6. The van der Waals surface area contributed by atoms with Crippen LogP contribution in [0.3, 0.4) is 0 Å². The van der Waals surface area contributed by atoms with Crippen LogP contribution in [0.5, 0.6) is 0 Å². The molecule has 1 heterocycles. The maximum absolute atomic E-state index is 12.4. The van der Waals surface area contributed by atoms with Crippen molar-refractivity contribution in [3.05, 3.63) is 18.0 Å². The molecule has 1 aromatic heterocycles. The van der Waals surface area contributed by atoms with E-state index in [1.54, 1.807) is 17.8 Å². The second-order valence-electron chi connectivity index (χ2n) is 4.74. The van der Waals surface area contributed by atoms with Gasteiger partial charge in [-0.05, 0) is 27.1 Å². The smallest absolute Gasteiger partial charge is 0.244 e. The molecule has 0 aromatic carbocycles. The summed E-state index contributed by atoms with van der Waals surface area (Å²) in [6.07, 6.45) is 1.58. The van der Waals surface area contributed by atoms with Gasteiger partial charge in [0, 0.05) is 38.6 Å². The lowest BCUT2D eigenvalue weighted by atomic mass is 10.4. The zero-order chi connectivity index (χ0) is 14.6. The van der Waals surface area contributed by atoms with Crippen molar-refractivity contribution in [2.24, 2.45) is 0 Å². The van der Waals surface area contributed by atoms with Crippen LogP contribution >= 0.6 is 0 Å². The van der Waals surface area contributed by atoms with Crippen LogP contribution in [0.25, 0.3) is 0 Å². The lowest BCUT2D eigenvalue weighted by Gasteiger charge is -2.18. The Labute approximate surface area is 115 Å². The Balaban J connectivity index is 2.96. The summed E-state index contributed by atoms with van der Waals surface area (Å²) in [5.74, 6) is 0. The van der Waals surface area contributed by atoms with Crippen LogP contribution in [-0.2, 0) is 23.2 Å². The van der Waals surface area contributed by atoms with Crippen molar-refractivity contribution in [2.75, 3.05) is 34.2 Å². The molecule has 19 heavy (non-hydrogen) atoms. The fourth-order valence-corrected chi connectivity index (χ4v) is 2.96. The van der Waals surface area contributed by atoms with Crippen molar-refractivity contribution in [2.45, 2.75) is 25.0 Å². The molecule has 0 amide bonds. The number of aromatic nitrogens is 1. The highest BCUT2D eigenvalue weighted by atomic mass is 32.2. The predicted molar refractivity (Wildman–Crippen MR) is 74.4 cm³/mol. The first-order valence-electron chi connectivity index (χ1n) is 6.24. The minimum atomic E-state index is -3.48. The van der Waals surface area contributed by atoms with Crippen LogP contribution in [0.4, 0.5) is 0 Å². The molecule has 0 aliphatic carbocycles. The summed E-state index contributed by atoms with van der Waals surface area (Å²) in [5, 5.41) is 9.21. The van der Waals surface area contributed by atoms with E-state index in [-0.39, 0.29) is 11.5 Å². The van der Waals surface area contributed by atoms with Gasteiger partial charge < -0.3 is 14.6 Å². The van der Waals surface area contributed by atoms with Gasteiger partial charge in [-0.1, -0.05) is 0 Å².